The Labute approximate surface area is 194 Å². The predicted molar refractivity (Wildman–Crippen MR) is 136 cm³/mol. The number of benzene rings is 3. The number of nitrogens with zero attached hydrogens (tertiary/aromatic N) is 1. The molecule has 0 aliphatic heterocycles. The molecule has 3 heteroatoms. The van der Waals surface area contributed by atoms with E-state index in [9.17, 15) is 4.79 Å². The first-order chi connectivity index (χ1) is 16.0. The molecule has 3 aromatic carbocycles. The molecule has 0 saturated carbocycles. The second kappa shape index (κ2) is 9.54. The van der Waals surface area contributed by atoms with Crippen LogP contribution < -0.4 is 0 Å². The summed E-state index contributed by atoms with van der Waals surface area (Å²) in [5.41, 5.74) is 10.7. The van der Waals surface area contributed by atoms with Crippen molar-refractivity contribution >= 4 is 35.0 Å². The SMILES string of the molecule is [C-]#[N+]c1cc(C)ccc1/C(CC)=C(/C1=Cc2ccccc2C1)c1ccc(/C=C/C(=O)O)cc1. The summed E-state index contributed by atoms with van der Waals surface area (Å²) in [5, 5.41) is 8.92. The van der Waals surface area contributed by atoms with E-state index >= 15 is 0 Å². The minimum Gasteiger partial charge on any atom is -0.478 e. The molecule has 0 fully saturated rings. The van der Waals surface area contributed by atoms with Crippen molar-refractivity contribution in [3.8, 4) is 0 Å². The van der Waals surface area contributed by atoms with Crippen LogP contribution in [0.25, 0.3) is 28.1 Å². The number of aliphatic carboxylic acids is 1. The second-order valence-corrected chi connectivity index (χ2v) is 8.18. The van der Waals surface area contributed by atoms with Crippen LogP contribution in [-0.4, -0.2) is 11.1 Å². The number of carbonyl (C=O) groups is 1. The van der Waals surface area contributed by atoms with Gasteiger partial charge < -0.3 is 5.11 Å². The Morgan fingerprint density at radius 2 is 1.85 bits per heavy atom. The van der Waals surface area contributed by atoms with E-state index in [-0.39, 0.29) is 0 Å². The van der Waals surface area contributed by atoms with Crippen molar-refractivity contribution in [2.75, 3.05) is 0 Å². The van der Waals surface area contributed by atoms with Crippen LogP contribution in [0.15, 0.2) is 78.4 Å². The monoisotopic (exact) mass is 431 g/mol. The molecule has 1 aliphatic rings. The minimum absolute atomic E-state index is 0.668. The molecule has 0 atom stereocenters. The fourth-order valence-electron chi connectivity index (χ4n) is 4.41. The number of hydrogen-bond donors (Lipinski definition) is 1. The van der Waals surface area contributed by atoms with Crippen molar-refractivity contribution in [2.24, 2.45) is 0 Å². The van der Waals surface area contributed by atoms with Crippen LogP contribution in [-0.2, 0) is 11.2 Å². The maximum absolute atomic E-state index is 10.9. The van der Waals surface area contributed by atoms with E-state index in [1.54, 1.807) is 6.08 Å². The van der Waals surface area contributed by atoms with Crippen molar-refractivity contribution in [3.63, 3.8) is 0 Å². The lowest BCUT2D eigenvalue weighted by molar-refractivity contribution is -0.131. The van der Waals surface area contributed by atoms with Gasteiger partial charge in [0.2, 0.25) is 0 Å². The van der Waals surface area contributed by atoms with Crippen LogP contribution in [0.3, 0.4) is 0 Å². The fraction of sp³-hybridized carbons (Fsp3) is 0.133. The first kappa shape index (κ1) is 22.0. The summed E-state index contributed by atoms with van der Waals surface area (Å²) in [5.74, 6) is -0.965. The lowest BCUT2D eigenvalue weighted by atomic mass is 9.86. The number of carboxylic acids is 1. The van der Waals surface area contributed by atoms with Crippen LogP contribution in [0.2, 0.25) is 0 Å². The molecule has 162 valence electrons. The molecule has 1 N–H and O–H groups in total. The summed E-state index contributed by atoms with van der Waals surface area (Å²) in [4.78, 5) is 14.7. The average molecular weight is 432 g/mol. The van der Waals surface area contributed by atoms with Gasteiger partial charge in [0.25, 0.3) is 0 Å². The molecule has 0 unspecified atom stereocenters. The maximum Gasteiger partial charge on any atom is 0.328 e. The van der Waals surface area contributed by atoms with E-state index in [2.05, 4.69) is 54.2 Å². The predicted octanol–water partition coefficient (Wildman–Crippen LogP) is 7.60. The number of hydrogen-bond acceptors (Lipinski definition) is 1. The average Bonchev–Trinajstić information content (AvgIpc) is 3.25. The molecule has 0 heterocycles. The second-order valence-electron chi connectivity index (χ2n) is 8.18. The minimum atomic E-state index is -0.965. The van der Waals surface area contributed by atoms with Gasteiger partial charge in [0, 0.05) is 6.08 Å². The highest BCUT2D eigenvalue weighted by molar-refractivity contribution is 6.04. The highest BCUT2D eigenvalue weighted by Gasteiger charge is 2.21. The van der Waals surface area contributed by atoms with E-state index in [1.807, 2.05) is 37.3 Å². The molecule has 0 radical (unpaired) electrons. The molecule has 0 spiro atoms. The maximum atomic E-state index is 10.9. The number of fused-ring (bicyclic) bond motifs is 1. The quantitative estimate of drug-likeness (QED) is 0.248. The van der Waals surface area contributed by atoms with Gasteiger partial charge in [-0.05, 0) is 70.4 Å². The van der Waals surface area contributed by atoms with Gasteiger partial charge in [-0.15, -0.1) is 0 Å². The Bertz CT molecular complexity index is 1350. The first-order valence-electron chi connectivity index (χ1n) is 11.0. The molecule has 4 rings (SSSR count). The number of aryl methyl sites for hydroxylation is 1. The van der Waals surface area contributed by atoms with Gasteiger partial charge in [0.15, 0.2) is 5.69 Å². The van der Waals surface area contributed by atoms with Gasteiger partial charge in [0.05, 0.1) is 6.57 Å². The third-order valence-electron chi connectivity index (χ3n) is 5.96. The molecule has 3 nitrogen and oxygen atoms in total. The zero-order valence-electron chi connectivity index (χ0n) is 18.8. The lowest BCUT2D eigenvalue weighted by Gasteiger charge is -2.19. The zero-order valence-corrected chi connectivity index (χ0v) is 18.8. The Balaban J connectivity index is 1.90. The lowest BCUT2D eigenvalue weighted by Crippen LogP contribution is -1.98. The van der Waals surface area contributed by atoms with Crippen molar-refractivity contribution < 1.29 is 9.90 Å². The van der Waals surface area contributed by atoms with Crippen molar-refractivity contribution in [3.05, 3.63) is 123 Å². The van der Waals surface area contributed by atoms with Gasteiger partial charge in [-0.2, -0.15) is 0 Å². The van der Waals surface area contributed by atoms with Gasteiger partial charge in [-0.1, -0.05) is 85.3 Å². The van der Waals surface area contributed by atoms with Crippen LogP contribution in [0.1, 0.15) is 46.7 Å². The highest BCUT2D eigenvalue weighted by atomic mass is 16.4. The van der Waals surface area contributed by atoms with Gasteiger partial charge in [-0.3, -0.25) is 0 Å². The Hall–Kier alpha value is -4.16. The molecule has 0 aromatic heterocycles. The Morgan fingerprint density at radius 1 is 1.09 bits per heavy atom. The molecule has 0 bridgehead atoms. The van der Waals surface area contributed by atoms with Crippen LogP contribution in [0, 0.1) is 13.5 Å². The van der Waals surface area contributed by atoms with Gasteiger partial charge in [0.1, 0.15) is 0 Å². The molecule has 0 amide bonds. The molecular formula is C30H25NO2. The van der Waals surface area contributed by atoms with Crippen LogP contribution in [0.4, 0.5) is 5.69 Å². The van der Waals surface area contributed by atoms with E-state index in [4.69, 9.17) is 11.7 Å². The smallest absolute Gasteiger partial charge is 0.328 e. The third-order valence-corrected chi connectivity index (χ3v) is 5.96. The van der Waals surface area contributed by atoms with E-state index < -0.39 is 5.97 Å². The molecule has 0 saturated heterocycles. The molecule has 1 aliphatic carbocycles. The van der Waals surface area contributed by atoms with E-state index in [0.29, 0.717) is 5.69 Å². The van der Waals surface area contributed by atoms with Crippen LogP contribution >= 0.6 is 0 Å². The Kier molecular flexibility index (Phi) is 6.38. The number of rotatable bonds is 6. The molecule has 3 aromatic rings. The van der Waals surface area contributed by atoms with Gasteiger partial charge in [-0.25, -0.2) is 9.64 Å². The summed E-state index contributed by atoms with van der Waals surface area (Å²) in [6, 6.07) is 22.5. The summed E-state index contributed by atoms with van der Waals surface area (Å²) in [7, 11) is 0. The van der Waals surface area contributed by atoms with Crippen LogP contribution in [0.5, 0.6) is 0 Å². The summed E-state index contributed by atoms with van der Waals surface area (Å²) >= 11 is 0. The Morgan fingerprint density at radius 3 is 2.52 bits per heavy atom. The van der Waals surface area contributed by atoms with Crippen molar-refractivity contribution in [1.82, 2.24) is 0 Å². The summed E-state index contributed by atoms with van der Waals surface area (Å²) in [6.07, 6.45) is 6.63. The largest absolute Gasteiger partial charge is 0.478 e. The van der Waals surface area contributed by atoms with Gasteiger partial charge >= 0.3 is 5.97 Å². The fourth-order valence-corrected chi connectivity index (χ4v) is 4.41. The van der Waals surface area contributed by atoms with Crippen molar-refractivity contribution in [2.45, 2.75) is 26.7 Å². The normalized spacial score (nSPS) is 13.3. The first-order valence-corrected chi connectivity index (χ1v) is 11.0. The summed E-state index contributed by atoms with van der Waals surface area (Å²) < 4.78 is 0. The number of allylic oxidation sites excluding steroid dienone is 3. The zero-order chi connectivity index (χ0) is 23.4. The standard InChI is InChI=1S/C30H25NO2/c1-4-26(27-15-9-20(2)17-28(27)31-3)30(25-18-23-7-5-6-8-24(23)19-25)22-13-10-21(11-14-22)12-16-29(32)33/h5-18H,4,19H2,1-2H3,(H,32,33)/b16-12+,30-26+. The van der Waals surface area contributed by atoms with E-state index in [0.717, 1.165) is 52.3 Å². The molecule has 33 heavy (non-hydrogen) atoms. The third kappa shape index (κ3) is 4.71. The summed E-state index contributed by atoms with van der Waals surface area (Å²) in [6.45, 7) is 11.9. The molecular weight excluding hydrogens is 406 g/mol. The highest BCUT2D eigenvalue weighted by Crippen LogP contribution is 2.42. The van der Waals surface area contributed by atoms with Crippen molar-refractivity contribution in [1.29, 1.82) is 0 Å². The topological polar surface area (TPSA) is 41.7 Å². The van der Waals surface area contributed by atoms with E-state index in [1.165, 1.54) is 16.7 Å². The number of carboxylic acid groups (broad SMARTS) is 1.